The van der Waals surface area contributed by atoms with Crippen molar-refractivity contribution in [1.82, 2.24) is 9.97 Å². The monoisotopic (exact) mass is 320 g/mol. The summed E-state index contributed by atoms with van der Waals surface area (Å²) in [5.41, 5.74) is 2.59. The van der Waals surface area contributed by atoms with Crippen LogP contribution in [0.15, 0.2) is 53.3 Å². The summed E-state index contributed by atoms with van der Waals surface area (Å²) in [6, 6.07) is 15.4. The number of benzene rings is 2. The molecule has 3 aromatic rings. The molecule has 0 spiro atoms. The van der Waals surface area contributed by atoms with Crippen molar-refractivity contribution in [3.8, 4) is 11.4 Å². The van der Waals surface area contributed by atoms with Gasteiger partial charge in [0, 0.05) is 5.56 Å². The highest BCUT2D eigenvalue weighted by molar-refractivity contribution is 5.79. The molecule has 4 heteroatoms. The highest BCUT2D eigenvalue weighted by atomic mass is 16.5. The molecule has 1 fully saturated rings. The zero-order chi connectivity index (χ0) is 16.4. The van der Waals surface area contributed by atoms with E-state index in [1.807, 2.05) is 42.5 Å². The summed E-state index contributed by atoms with van der Waals surface area (Å²) >= 11 is 0. The van der Waals surface area contributed by atoms with Gasteiger partial charge >= 0.3 is 0 Å². The number of ether oxygens (including phenoxy) is 1. The minimum absolute atomic E-state index is 0.109. The molecule has 0 radical (unpaired) electrons. The predicted molar refractivity (Wildman–Crippen MR) is 94.8 cm³/mol. The third-order valence-electron chi connectivity index (χ3n) is 4.66. The van der Waals surface area contributed by atoms with Gasteiger partial charge in [0.2, 0.25) is 0 Å². The topological polar surface area (TPSA) is 55.0 Å². The molecule has 0 atom stereocenters. The minimum atomic E-state index is -0.109. The summed E-state index contributed by atoms with van der Waals surface area (Å²) < 4.78 is 6.05. The maximum atomic E-state index is 12.3. The van der Waals surface area contributed by atoms with E-state index in [0.717, 1.165) is 24.0 Å². The molecule has 1 saturated carbocycles. The van der Waals surface area contributed by atoms with E-state index in [9.17, 15) is 4.79 Å². The molecule has 4 nitrogen and oxygen atoms in total. The number of nitrogens with zero attached hydrogens (tertiary/aromatic N) is 1. The summed E-state index contributed by atoms with van der Waals surface area (Å²) in [4.78, 5) is 19.9. The summed E-state index contributed by atoms with van der Waals surface area (Å²) in [6.07, 6.45) is 5.17. The molecular weight excluding hydrogens is 300 g/mol. The molecule has 4 rings (SSSR count). The number of hydrogen-bond donors (Lipinski definition) is 1. The molecule has 0 bridgehead atoms. The third kappa shape index (κ3) is 2.97. The molecule has 1 aromatic heterocycles. The Labute approximate surface area is 140 Å². The van der Waals surface area contributed by atoms with Crippen molar-refractivity contribution in [2.24, 2.45) is 0 Å². The second-order valence-corrected chi connectivity index (χ2v) is 6.31. The minimum Gasteiger partial charge on any atom is -0.374 e. The molecule has 24 heavy (non-hydrogen) atoms. The molecule has 1 heterocycles. The Bertz CT molecular complexity index is 911. The predicted octanol–water partition coefficient (Wildman–Crippen LogP) is 4.05. The van der Waals surface area contributed by atoms with Crippen molar-refractivity contribution in [1.29, 1.82) is 0 Å². The first-order chi connectivity index (χ1) is 11.8. The lowest BCUT2D eigenvalue weighted by atomic mass is 10.1. The maximum absolute atomic E-state index is 12.3. The lowest BCUT2D eigenvalue weighted by molar-refractivity contribution is 0.0459. The molecular formula is C20H20N2O2. The van der Waals surface area contributed by atoms with Crippen molar-refractivity contribution in [2.45, 2.75) is 38.4 Å². The standard InChI is InChI=1S/C20H20N2O2/c23-20-17-11-5-6-12-18(17)21-19(22-20)16-10-4-1-7-14(16)13-24-15-8-2-3-9-15/h1,4-7,10-12,15H,2-3,8-9,13H2,(H,21,22,23). The number of aromatic nitrogens is 2. The van der Waals surface area contributed by atoms with Crippen LogP contribution in [0.1, 0.15) is 31.2 Å². The summed E-state index contributed by atoms with van der Waals surface area (Å²) in [5, 5.41) is 0.612. The second-order valence-electron chi connectivity index (χ2n) is 6.31. The van der Waals surface area contributed by atoms with E-state index >= 15 is 0 Å². The summed E-state index contributed by atoms with van der Waals surface area (Å²) in [5.74, 6) is 0.601. The van der Waals surface area contributed by atoms with Gasteiger partial charge in [0.15, 0.2) is 0 Å². The van der Waals surface area contributed by atoms with Crippen LogP contribution in [0.4, 0.5) is 0 Å². The van der Waals surface area contributed by atoms with E-state index in [2.05, 4.69) is 9.97 Å². The first-order valence-electron chi connectivity index (χ1n) is 8.50. The number of rotatable bonds is 4. The van der Waals surface area contributed by atoms with E-state index in [0.29, 0.717) is 29.4 Å². The van der Waals surface area contributed by atoms with Crippen LogP contribution in [-0.4, -0.2) is 16.1 Å². The van der Waals surface area contributed by atoms with E-state index in [4.69, 9.17) is 4.74 Å². The van der Waals surface area contributed by atoms with Crippen LogP contribution in [0.25, 0.3) is 22.3 Å². The Balaban J connectivity index is 1.70. The van der Waals surface area contributed by atoms with E-state index in [1.54, 1.807) is 6.07 Å². The van der Waals surface area contributed by atoms with Gasteiger partial charge in [-0.3, -0.25) is 4.79 Å². The van der Waals surface area contributed by atoms with Crippen LogP contribution >= 0.6 is 0 Å². The SMILES string of the molecule is O=c1[nH]c(-c2ccccc2COC2CCCC2)nc2ccccc12. The molecule has 0 amide bonds. The normalized spacial score (nSPS) is 15.2. The van der Waals surface area contributed by atoms with E-state index < -0.39 is 0 Å². The summed E-state index contributed by atoms with van der Waals surface area (Å²) in [6.45, 7) is 0.553. The average molecular weight is 320 g/mol. The number of H-pyrrole nitrogens is 1. The number of fused-ring (bicyclic) bond motifs is 1. The molecule has 1 aliphatic rings. The molecule has 0 aliphatic heterocycles. The Hall–Kier alpha value is -2.46. The first kappa shape index (κ1) is 15.1. The van der Waals surface area contributed by atoms with Gasteiger partial charge in [-0.25, -0.2) is 4.98 Å². The van der Waals surface area contributed by atoms with Crippen molar-refractivity contribution >= 4 is 10.9 Å². The van der Waals surface area contributed by atoms with Gasteiger partial charge in [-0.15, -0.1) is 0 Å². The number of para-hydroxylation sites is 1. The Kier molecular flexibility index (Phi) is 4.13. The van der Waals surface area contributed by atoms with Gasteiger partial charge in [-0.05, 0) is 30.5 Å². The van der Waals surface area contributed by atoms with Crippen LogP contribution in [-0.2, 0) is 11.3 Å². The van der Waals surface area contributed by atoms with Crippen molar-refractivity contribution < 1.29 is 4.74 Å². The Morgan fingerprint density at radius 1 is 1.04 bits per heavy atom. The molecule has 0 saturated heterocycles. The molecule has 1 N–H and O–H groups in total. The quantitative estimate of drug-likeness (QED) is 0.789. The van der Waals surface area contributed by atoms with Crippen LogP contribution in [0.3, 0.4) is 0 Å². The average Bonchev–Trinajstić information content (AvgIpc) is 3.14. The van der Waals surface area contributed by atoms with E-state index in [1.165, 1.54) is 12.8 Å². The highest BCUT2D eigenvalue weighted by Gasteiger charge is 2.16. The lowest BCUT2D eigenvalue weighted by Gasteiger charge is -2.14. The van der Waals surface area contributed by atoms with E-state index in [-0.39, 0.29) is 5.56 Å². The van der Waals surface area contributed by atoms with Gasteiger partial charge in [-0.2, -0.15) is 0 Å². The smallest absolute Gasteiger partial charge is 0.259 e. The van der Waals surface area contributed by atoms with Crippen molar-refractivity contribution in [3.05, 3.63) is 64.4 Å². The van der Waals surface area contributed by atoms with Crippen LogP contribution in [0, 0.1) is 0 Å². The summed E-state index contributed by atoms with van der Waals surface area (Å²) in [7, 11) is 0. The number of nitrogens with one attached hydrogen (secondary N) is 1. The van der Waals surface area contributed by atoms with Gasteiger partial charge in [0.1, 0.15) is 5.82 Å². The van der Waals surface area contributed by atoms with Crippen LogP contribution in [0.5, 0.6) is 0 Å². The number of hydrogen-bond acceptors (Lipinski definition) is 3. The molecule has 0 unspecified atom stereocenters. The fourth-order valence-electron chi connectivity index (χ4n) is 3.35. The van der Waals surface area contributed by atoms with Gasteiger partial charge < -0.3 is 9.72 Å². The third-order valence-corrected chi connectivity index (χ3v) is 4.66. The fourth-order valence-corrected chi connectivity index (χ4v) is 3.35. The largest absolute Gasteiger partial charge is 0.374 e. The van der Waals surface area contributed by atoms with Crippen molar-refractivity contribution in [2.75, 3.05) is 0 Å². The fraction of sp³-hybridized carbons (Fsp3) is 0.300. The van der Waals surface area contributed by atoms with Gasteiger partial charge in [-0.1, -0.05) is 49.2 Å². The highest BCUT2D eigenvalue weighted by Crippen LogP contribution is 2.25. The van der Waals surface area contributed by atoms with Gasteiger partial charge in [0.25, 0.3) is 5.56 Å². The molecule has 122 valence electrons. The first-order valence-corrected chi connectivity index (χ1v) is 8.50. The number of aromatic amines is 1. The van der Waals surface area contributed by atoms with Crippen LogP contribution < -0.4 is 5.56 Å². The molecule has 2 aromatic carbocycles. The van der Waals surface area contributed by atoms with Gasteiger partial charge in [0.05, 0.1) is 23.6 Å². The Morgan fingerprint density at radius 3 is 2.67 bits per heavy atom. The maximum Gasteiger partial charge on any atom is 0.259 e. The molecule has 1 aliphatic carbocycles. The van der Waals surface area contributed by atoms with Crippen LogP contribution in [0.2, 0.25) is 0 Å². The second kappa shape index (κ2) is 6.57. The lowest BCUT2D eigenvalue weighted by Crippen LogP contribution is -2.11. The van der Waals surface area contributed by atoms with Crippen molar-refractivity contribution in [3.63, 3.8) is 0 Å². The zero-order valence-corrected chi connectivity index (χ0v) is 13.5. The Morgan fingerprint density at radius 2 is 1.79 bits per heavy atom. The zero-order valence-electron chi connectivity index (χ0n) is 13.5.